The van der Waals surface area contributed by atoms with E-state index in [0.717, 1.165) is 21.8 Å². The van der Waals surface area contributed by atoms with Gasteiger partial charge in [0, 0.05) is 15.0 Å². The minimum Gasteiger partial charge on any atom is -0.497 e. The molecular formula is C18H21FO4S. The number of hydrogen-bond acceptors (Lipinski definition) is 5. The van der Waals surface area contributed by atoms with E-state index in [1.807, 2.05) is 36.6 Å². The van der Waals surface area contributed by atoms with Gasteiger partial charge in [0.1, 0.15) is 5.75 Å². The van der Waals surface area contributed by atoms with Gasteiger partial charge in [-0.1, -0.05) is 12.1 Å². The van der Waals surface area contributed by atoms with Gasteiger partial charge in [-0.15, -0.1) is 11.3 Å². The largest absolute Gasteiger partial charge is 0.497 e. The number of halogens is 1. The van der Waals surface area contributed by atoms with Crippen LogP contribution in [0.25, 0.3) is 11.1 Å². The van der Waals surface area contributed by atoms with E-state index < -0.39 is 17.7 Å². The Kier molecular flexibility index (Phi) is 5.62. The number of carbonyl (C=O) groups is 1. The topological polar surface area (TPSA) is 44.8 Å². The lowest BCUT2D eigenvalue weighted by molar-refractivity contribution is -0.205. The molecule has 4 nitrogen and oxygen atoms in total. The van der Waals surface area contributed by atoms with Crippen molar-refractivity contribution in [2.45, 2.75) is 39.4 Å². The highest BCUT2D eigenvalue weighted by Gasteiger charge is 2.33. The van der Waals surface area contributed by atoms with Crippen molar-refractivity contribution in [3.8, 4) is 16.9 Å². The van der Waals surface area contributed by atoms with E-state index in [0.29, 0.717) is 5.56 Å². The van der Waals surface area contributed by atoms with Gasteiger partial charge in [0.2, 0.25) is 0 Å². The number of thiophene rings is 1. The average Bonchev–Trinajstić information content (AvgIpc) is 2.92. The second-order valence-electron chi connectivity index (χ2n) is 6.35. The highest BCUT2D eigenvalue weighted by atomic mass is 32.1. The number of rotatable bonds is 5. The molecule has 0 saturated carbocycles. The molecule has 2 aromatic rings. The van der Waals surface area contributed by atoms with Crippen molar-refractivity contribution < 1.29 is 23.7 Å². The Morgan fingerprint density at radius 3 is 2.33 bits per heavy atom. The smallest absolute Gasteiger partial charge is 0.381 e. The zero-order valence-corrected chi connectivity index (χ0v) is 15.2. The van der Waals surface area contributed by atoms with Gasteiger partial charge in [0.25, 0.3) is 0 Å². The molecule has 0 amide bonds. The van der Waals surface area contributed by atoms with Gasteiger partial charge in [0.15, 0.2) is 6.10 Å². The summed E-state index contributed by atoms with van der Waals surface area (Å²) in [4.78, 5) is 16.3. The van der Waals surface area contributed by atoms with Crippen LogP contribution in [0.5, 0.6) is 5.75 Å². The molecule has 0 fully saturated rings. The molecule has 1 aromatic heterocycles. The number of benzene rings is 1. The van der Waals surface area contributed by atoms with Crippen molar-refractivity contribution in [2.75, 3.05) is 7.11 Å². The fourth-order valence-electron chi connectivity index (χ4n) is 2.40. The summed E-state index contributed by atoms with van der Waals surface area (Å²) in [5.74, 6) is -0.320. The fraction of sp³-hybridized carbons (Fsp3) is 0.389. The highest BCUT2D eigenvalue weighted by Crippen LogP contribution is 2.39. The minimum atomic E-state index is -1.13. The molecule has 1 aromatic carbocycles. The van der Waals surface area contributed by atoms with Crippen LogP contribution in [0.2, 0.25) is 0 Å². The van der Waals surface area contributed by atoms with E-state index in [1.54, 1.807) is 27.9 Å². The Balaban J connectivity index is 2.50. The maximum atomic E-state index is 12.6. The van der Waals surface area contributed by atoms with Gasteiger partial charge < -0.3 is 9.47 Å². The van der Waals surface area contributed by atoms with Crippen LogP contribution in [0.4, 0.5) is 4.53 Å². The van der Waals surface area contributed by atoms with Crippen LogP contribution >= 0.6 is 11.3 Å². The zero-order valence-electron chi connectivity index (χ0n) is 14.4. The van der Waals surface area contributed by atoms with Crippen LogP contribution in [0, 0.1) is 6.92 Å². The molecule has 0 N–H and O–H groups in total. The van der Waals surface area contributed by atoms with E-state index in [1.165, 1.54) is 11.3 Å². The molecular weight excluding hydrogens is 331 g/mol. The molecule has 2 rings (SSSR count). The summed E-state index contributed by atoms with van der Waals surface area (Å²) in [6.45, 7) is 7.29. The molecule has 0 aliphatic carbocycles. The molecule has 0 radical (unpaired) electrons. The van der Waals surface area contributed by atoms with Gasteiger partial charge in [-0.05, 0) is 56.3 Å². The van der Waals surface area contributed by atoms with Crippen LogP contribution in [0.1, 0.15) is 37.3 Å². The number of carbonyl (C=O) groups excluding carboxylic acids is 1. The third-order valence-electron chi connectivity index (χ3n) is 3.45. The first kappa shape index (κ1) is 18.4. The highest BCUT2D eigenvalue weighted by molar-refractivity contribution is 7.10. The zero-order chi connectivity index (χ0) is 17.9. The molecule has 1 atom stereocenters. The number of methoxy groups -OCH3 is 1. The first-order valence-electron chi connectivity index (χ1n) is 7.49. The van der Waals surface area contributed by atoms with Crippen molar-refractivity contribution in [3.05, 3.63) is 40.1 Å². The van der Waals surface area contributed by atoms with Gasteiger partial charge in [-0.3, -0.25) is 4.94 Å². The Hall–Kier alpha value is -1.92. The van der Waals surface area contributed by atoms with Crippen LogP contribution in [0.15, 0.2) is 29.6 Å². The van der Waals surface area contributed by atoms with E-state index in [-0.39, 0.29) is 0 Å². The normalized spacial score (nSPS) is 12.8. The Labute approximate surface area is 145 Å². The number of aryl methyl sites for hydroxylation is 1. The van der Waals surface area contributed by atoms with E-state index >= 15 is 0 Å². The summed E-state index contributed by atoms with van der Waals surface area (Å²) < 4.78 is 23.6. The molecule has 130 valence electrons. The molecule has 0 spiro atoms. The van der Waals surface area contributed by atoms with Crippen LogP contribution < -0.4 is 4.74 Å². The van der Waals surface area contributed by atoms with Crippen LogP contribution in [-0.4, -0.2) is 18.7 Å². The summed E-state index contributed by atoms with van der Waals surface area (Å²) in [5.41, 5.74) is 1.71. The predicted molar refractivity (Wildman–Crippen MR) is 91.8 cm³/mol. The lowest BCUT2D eigenvalue weighted by Crippen LogP contribution is -2.28. The van der Waals surface area contributed by atoms with Gasteiger partial charge in [-0.2, -0.15) is 0 Å². The van der Waals surface area contributed by atoms with E-state index in [2.05, 4.69) is 4.94 Å². The minimum absolute atomic E-state index is 0.628. The Morgan fingerprint density at radius 1 is 1.21 bits per heavy atom. The molecule has 1 heterocycles. The number of hydrogen-bond donors (Lipinski definition) is 0. The second-order valence-corrected chi connectivity index (χ2v) is 7.44. The van der Waals surface area contributed by atoms with Crippen molar-refractivity contribution in [2.24, 2.45) is 0 Å². The van der Waals surface area contributed by atoms with Crippen LogP contribution in [-0.2, 0) is 14.5 Å². The Morgan fingerprint density at radius 2 is 1.83 bits per heavy atom. The quantitative estimate of drug-likeness (QED) is 0.758. The van der Waals surface area contributed by atoms with Crippen molar-refractivity contribution in [3.63, 3.8) is 0 Å². The van der Waals surface area contributed by atoms with E-state index in [4.69, 9.17) is 9.47 Å². The first-order valence-corrected chi connectivity index (χ1v) is 8.37. The molecule has 24 heavy (non-hydrogen) atoms. The maximum absolute atomic E-state index is 12.6. The maximum Gasteiger partial charge on any atom is 0.381 e. The Bertz CT molecular complexity index is 701. The lowest BCUT2D eigenvalue weighted by atomic mass is 9.98. The molecule has 0 bridgehead atoms. The third-order valence-corrected chi connectivity index (χ3v) is 4.37. The van der Waals surface area contributed by atoms with Crippen molar-refractivity contribution >= 4 is 17.3 Å². The molecule has 0 aliphatic heterocycles. The van der Waals surface area contributed by atoms with Crippen molar-refractivity contribution in [1.82, 2.24) is 0 Å². The summed E-state index contributed by atoms with van der Waals surface area (Å²) in [6, 6.07) is 7.44. The monoisotopic (exact) mass is 352 g/mol. The summed E-state index contributed by atoms with van der Waals surface area (Å²) in [6.07, 6.45) is -1.13. The van der Waals surface area contributed by atoms with Crippen LogP contribution in [0.3, 0.4) is 0 Å². The molecule has 6 heteroatoms. The summed E-state index contributed by atoms with van der Waals surface area (Å²) >= 11 is 1.48. The summed E-state index contributed by atoms with van der Waals surface area (Å²) in [7, 11) is 1.60. The van der Waals surface area contributed by atoms with Gasteiger partial charge in [-0.25, -0.2) is 4.79 Å². The standard InChI is InChI=1S/C18H21FO4S/c1-11-15(16(17(20)23-19)22-18(2,3)4)14(10-24-11)12-6-8-13(21-5)9-7-12/h6-10,16H,1-5H3. The van der Waals surface area contributed by atoms with E-state index in [9.17, 15) is 9.32 Å². The summed E-state index contributed by atoms with van der Waals surface area (Å²) in [5, 5.41) is 1.93. The molecule has 1 unspecified atom stereocenters. The van der Waals surface area contributed by atoms with Gasteiger partial charge in [0.05, 0.1) is 12.7 Å². The first-order chi connectivity index (χ1) is 11.3. The average molecular weight is 352 g/mol. The number of ether oxygens (including phenoxy) is 2. The fourth-order valence-corrected chi connectivity index (χ4v) is 3.30. The third kappa shape index (κ3) is 4.13. The van der Waals surface area contributed by atoms with Crippen molar-refractivity contribution in [1.29, 1.82) is 0 Å². The van der Waals surface area contributed by atoms with Gasteiger partial charge >= 0.3 is 5.97 Å². The predicted octanol–water partition coefficient (Wildman–Crippen LogP) is 5.02. The SMILES string of the molecule is COc1ccc(-c2csc(C)c2C(OC(C)(C)C)C(=O)OF)cc1. The lowest BCUT2D eigenvalue weighted by Gasteiger charge is -2.26. The molecule has 0 saturated heterocycles. The molecule has 0 aliphatic rings. The second kappa shape index (κ2) is 7.32.